The Morgan fingerprint density at radius 1 is 1.06 bits per heavy atom. The lowest BCUT2D eigenvalue weighted by atomic mass is 9.59. The van der Waals surface area contributed by atoms with Crippen molar-refractivity contribution < 1.29 is 9.47 Å². The minimum atomic E-state index is -0.481. The van der Waals surface area contributed by atoms with Crippen molar-refractivity contribution in [2.24, 2.45) is 11.8 Å². The summed E-state index contributed by atoms with van der Waals surface area (Å²) in [6.07, 6.45) is 6.46. The van der Waals surface area contributed by atoms with Crippen LogP contribution in [0, 0.1) is 29.7 Å². The van der Waals surface area contributed by atoms with Gasteiger partial charge in [-0.05, 0) is 68.8 Å². The zero-order valence-electron chi connectivity index (χ0n) is 20.2. The molecule has 178 valence electrons. The van der Waals surface area contributed by atoms with Crippen LogP contribution in [0.2, 0.25) is 0 Å². The number of benzene rings is 2. The van der Waals surface area contributed by atoms with Gasteiger partial charge in [-0.3, -0.25) is 0 Å². The highest BCUT2D eigenvalue weighted by atomic mass is 16.5. The SMILES string of the molecule is [C-]#[N+]c1ccc(OCCCN2CCC(C(C#N)(c3ccccc3)[C@H]3CCC[C@@H]3OC)CC2)cc1. The molecule has 1 saturated carbocycles. The number of likely N-dealkylation sites (tertiary alicyclic amines) is 1. The van der Waals surface area contributed by atoms with E-state index in [0.29, 0.717) is 18.2 Å². The Morgan fingerprint density at radius 2 is 1.79 bits per heavy atom. The molecular weight excluding hydrogens is 422 g/mol. The smallest absolute Gasteiger partial charge is 0.187 e. The molecule has 1 saturated heterocycles. The predicted molar refractivity (Wildman–Crippen MR) is 134 cm³/mol. The Bertz CT molecular complexity index is 987. The number of hydrogen-bond acceptors (Lipinski definition) is 4. The molecule has 1 heterocycles. The third kappa shape index (κ3) is 5.12. The first kappa shape index (κ1) is 24.3. The van der Waals surface area contributed by atoms with E-state index in [-0.39, 0.29) is 12.0 Å². The van der Waals surface area contributed by atoms with Crippen LogP contribution in [0.4, 0.5) is 5.69 Å². The van der Waals surface area contributed by atoms with Gasteiger partial charge in [0.25, 0.3) is 0 Å². The largest absolute Gasteiger partial charge is 0.494 e. The summed E-state index contributed by atoms with van der Waals surface area (Å²) in [7, 11) is 1.81. The lowest BCUT2D eigenvalue weighted by molar-refractivity contribution is 0.0205. The fourth-order valence-electron chi connectivity index (χ4n) is 6.14. The first-order chi connectivity index (χ1) is 16.7. The van der Waals surface area contributed by atoms with Crippen molar-refractivity contribution in [3.05, 3.63) is 71.6 Å². The molecule has 0 bridgehead atoms. The van der Waals surface area contributed by atoms with Gasteiger partial charge in [0.2, 0.25) is 0 Å². The highest BCUT2D eigenvalue weighted by molar-refractivity contribution is 5.47. The summed E-state index contributed by atoms with van der Waals surface area (Å²) in [4.78, 5) is 5.92. The topological polar surface area (TPSA) is 49.8 Å². The Labute approximate surface area is 204 Å². The summed E-state index contributed by atoms with van der Waals surface area (Å²) < 4.78 is 11.7. The van der Waals surface area contributed by atoms with Crippen LogP contribution in [0.3, 0.4) is 0 Å². The molecule has 4 rings (SSSR count). The van der Waals surface area contributed by atoms with Crippen molar-refractivity contribution in [3.8, 4) is 11.8 Å². The van der Waals surface area contributed by atoms with Gasteiger partial charge < -0.3 is 14.4 Å². The van der Waals surface area contributed by atoms with E-state index in [1.165, 1.54) is 5.56 Å². The third-order valence-corrected chi connectivity index (χ3v) is 7.86. The van der Waals surface area contributed by atoms with Gasteiger partial charge in [0.05, 0.1) is 30.8 Å². The average Bonchev–Trinajstić information content (AvgIpc) is 3.38. The molecule has 3 atom stereocenters. The first-order valence-corrected chi connectivity index (χ1v) is 12.5. The lowest BCUT2D eigenvalue weighted by Gasteiger charge is -2.45. The van der Waals surface area contributed by atoms with Crippen molar-refractivity contribution >= 4 is 5.69 Å². The molecule has 5 nitrogen and oxygen atoms in total. The fraction of sp³-hybridized carbons (Fsp3) is 0.517. The number of hydrogen-bond donors (Lipinski definition) is 0. The maximum absolute atomic E-state index is 10.7. The van der Waals surface area contributed by atoms with Gasteiger partial charge in [0.15, 0.2) is 5.69 Å². The highest BCUT2D eigenvalue weighted by Gasteiger charge is 2.52. The Morgan fingerprint density at radius 3 is 2.44 bits per heavy atom. The summed E-state index contributed by atoms with van der Waals surface area (Å²) in [5, 5.41) is 10.7. The number of rotatable bonds is 9. The zero-order valence-corrected chi connectivity index (χ0v) is 20.2. The average molecular weight is 458 g/mol. The van der Waals surface area contributed by atoms with Gasteiger partial charge in [-0.15, -0.1) is 0 Å². The van der Waals surface area contributed by atoms with Crippen LogP contribution in [0.25, 0.3) is 4.85 Å². The molecule has 0 N–H and O–H groups in total. The molecule has 0 spiro atoms. The molecule has 1 aliphatic heterocycles. The second-order valence-corrected chi connectivity index (χ2v) is 9.58. The van der Waals surface area contributed by atoms with Crippen LogP contribution in [0.15, 0.2) is 54.6 Å². The molecule has 1 unspecified atom stereocenters. The van der Waals surface area contributed by atoms with Crippen molar-refractivity contribution in [2.75, 3.05) is 33.4 Å². The summed E-state index contributed by atoms with van der Waals surface area (Å²) in [6.45, 7) is 10.7. The van der Waals surface area contributed by atoms with Crippen LogP contribution in [0.5, 0.6) is 5.75 Å². The predicted octanol–water partition coefficient (Wildman–Crippen LogP) is 5.99. The molecule has 34 heavy (non-hydrogen) atoms. The van der Waals surface area contributed by atoms with Crippen LogP contribution in [0.1, 0.15) is 44.1 Å². The number of nitrogens with zero attached hydrogens (tertiary/aromatic N) is 3. The summed E-state index contributed by atoms with van der Waals surface area (Å²) in [6, 6.07) is 20.7. The van der Waals surface area contributed by atoms with Crippen molar-refractivity contribution in [1.29, 1.82) is 5.26 Å². The van der Waals surface area contributed by atoms with Crippen LogP contribution >= 0.6 is 0 Å². The van der Waals surface area contributed by atoms with Gasteiger partial charge >= 0.3 is 0 Å². The normalized spacial score (nSPS) is 23.0. The minimum Gasteiger partial charge on any atom is -0.494 e. The summed E-state index contributed by atoms with van der Waals surface area (Å²) >= 11 is 0. The Kier molecular flexibility index (Phi) is 8.22. The van der Waals surface area contributed by atoms with Gasteiger partial charge in [-0.1, -0.05) is 48.9 Å². The number of methoxy groups -OCH3 is 1. The molecule has 0 aromatic heterocycles. The second-order valence-electron chi connectivity index (χ2n) is 9.58. The molecule has 2 fully saturated rings. The van der Waals surface area contributed by atoms with E-state index in [1.807, 2.05) is 18.2 Å². The maximum atomic E-state index is 10.7. The summed E-state index contributed by atoms with van der Waals surface area (Å²) in [5.41, 5.74) is 1.32. The lowest BCUT2D eigenvalue weighted by Crippen LogP contribution is -2.49. The van der Waals surface area contributed by atoms with E-state index >= 15 is 0 Å². The van der Waals surface area contributed by atoms with E-state index in [9.17, 15) is 5.26 Å². The monoisotopic (exact) mass is 457 g/mol. The molecule has 5 heteroatoms. The molecule has 2 aliphatic rings. The molecule has 2 aromatic rings. The van der Waals surface area contributed by atoms with E-state index < -0.39 is 5.41 Å². The summed E-state index contributed by atoms with van der Waals surface area (Å²) in [5.74, 6) is 1.41. The van der Waals surface area contributed by atoms with Crippen molar-refractivity contribution in [2.45, 2.75) is 50.0 Å². The molecule has 0 radical (unpaired) electrons. The zero-order chi connectivity index (χ0) is 23.8. The van der Waals surface area contributed by atoms with Gasteiger partial charge in [-0.2, -0.15) is 5.26 Å². The van der Waals surface area contributed by atoms with Gasteiger partial charge in [0.1, 0.15) is 5.75 Å². The quantitative estimate of drug-likeness (QED) is 0.343. The van der Waals surface area contributed by atoms with Gasteiger partial charge in [-0.25, -0.2) is 4.85 Å². The van der Waals surface area contributed by atoms with Crippen LogP contribution in [-0.4, -0.2) is 44.4 Å². The molecular formula is C29H35N3O2. The highest BCUT2D eigenvalue weighted by Crippen LogP contribution is 2.50. The number of nitriles is 1. The van der Waals surface area contributed by atoms with Crippen LogP contribution in [-0.2, 0) is 10.2 Å². The molecule has 2 aromatic carbocycles. The van der Waals surface area contributed by atoms with E-state index in [4.69, 9.17) is 16.0 Å². The van der Waals surface area contributed by atoms with Crippen molar-refractivity contribution in [3.63, 3.8) is 0 Å². The Hall–Kier alpha value is -2.86. The Balaban J connectivity index is 1.35. The van der Waals surface area contributed by atoms with E-state index in [1.54, 1.807) is 19.2 Å². The van der Waals surface area contributed by atoms with E-state index in [2.05, 4.69) is 40.1 Å². The molecule has 1 aliphatic carbocycles. The minimum absolute atomic E-state index is 0.166. The maximum Gasteiger partial charge on any atom is 0.187 e. The van der Waals surface area contributed by atoms with E-state index in [0.717, 1.165) is 63.9 Å². The fourth-order valence-corrected chi connectivity index (χ4v) is 6.14. The number of ether oxygens (including phenoxy) is 2. The molecule has 0 amide bonds. The second kappa shape index (κ2) is 11.5. The van der Waals surface area contributed by atoms with Gasteiger partial charge in [0, 0.05) is 19.6 Å². The first-order valence-electron chi connectivity index (χ1n) is 12.5. The number of piperidine rings is 1. The van der Waals surface area contributed by atoms with Crippen molar-refractivity contribution in [1.82, 2.24) is 4.90 Å². The standard InChI is InChI=1S/C29H35N3O2/c1-31-25-12-14-26(15-13-25)34-21-7-18-32-19-16-24(17-20-32)29(22-30,23-8-4-3-5-9-23)27-10-6-11-28(27)33-2/h3-5,8-9,12-15,24,27-28H,6-7,10-11,16-21H2,2H3/t27-,28-,29?/m0/s1. The third-order valence-electron chi connectivity index (χ3n) is 7.86. The van der Waals surface area contributed by atoms with Crippen LogP contribution < -0.4 is 4.74 Å².